The topological polar surface area (TPSA) is 63.9 Å². The van der Waals surface area contributed by atoms with E-state index in [0.717, 1.165) is 37.1 Å². The predicted molar refractivity (Wildman–Crippen MR) is 161 cm³/mol. The van der Waals surface area contributed by atoms with Gasteiger partial charge >= 0.3 is 7.12 Å². The molecular weight excluding hydrogens is 506 g/mol. The fourth-order valence-corrected chi connectivity index (χ4v) is 5.67. The molecule has 0 saturated carbocycles. The maximum absolute atomic E-state index is 15.3. The van der Waals surface area contributed by atoms with E-state index in [-0.39, 0.29) is 16.9 Å². The zero-order chi connectivity index (χ0) is 29.2. The van der Waals surface area contributed by atoms with Crippen molar-refractivity contribution in [1.29, 1.82) is 0 Å². The first-order valence-electron chi connectivity index (χ1n) is 14.3. The van der Waals surface area contributed by atoms with Crippen LogP contribution in [0.4, 0.5) is 16.0 Å². The molecule has 0 bridgehead atoms. The molecule has 40 heavy (non-hydrogen) atoms. The quantitative estimate of drug-likeness (QED) is 0.361. The fraction of sp³-hybridized carbons (Fsp3) is 0.531. The molecule has 2 aliphatic heterocycles. The van der Waals surface area contributed by atoms with Gasteiger partial charge in [-0.2, -0.15) is 0 Å². The highest BCUT2D eigenvalue weighted by Gasteiger charge is 2.53. The number of rotatable bonds is 5. The normalized spacial score (nSPS) is 20.6. The summed E-state index contributed by atoms with van der Waals surface area (Å²) < 4.78 is 34.3. The molecule has 2 saturated heterocycles. The summed E-state index contributed by atoms with van der Waals surface area (Å²) in [6, 6.07) is 8.56. The molecule has 0 amide bonds. The first-order valence-corrected chi connectivity index (χ1v) is 14.3. The summed E-state index contributed by atoms with van der Waals surface area (Å²) >= 11 is 0. The Morgan fingerprint density at radius 2 is 1.62 bits per heavy atom. The van der Waals surface area contributed by atoms with Gasteiger partial charge in [-0.25, -0.2) is 4.39 Å². The average molecular weight is 549 g/mol. The predicted octanol–water partition coefficient (Wildman–Crippen LogP) is 6.65. The molecule has 2 fully saturated rings. The molecular formula is C32H42BFN2O4. The smallest absolute Gasteiger partial charge is 0.440 e. The molecule has 0 spiro atoms. The minimum atomic E-state index is -0.856. The third kappa shape index (κ3) is 5.05. The molecule has 2 aromatic carbocycles. The van der Waals surface area contributed by atoms with Gasteiger partial charge in [0.05, 0.1) is 28.2 Å². The molecule has 1 unspecified atom stereocenters. The van der Waals surface area contributed by atoms with Crippen molar-refractivity contribution in [1.82, 2.24) is 0 Å². The molecule has 5 rings (SSSR count). The maximum Gasteiger partial charge on any atom is 0.500 e. The van der Waals surface area contributed by atoms with Gasteiger partial charge in [0.15, 0.2) is 5.43 Å². The second kappa shape index (κ2) is 9.91. The molecule has 6 nitrogen and oxygen atoms in total. The Hall–Kier alpha value is -2.84. The van der Waals surface area contributed by atoms with E-state index in [9.17, 15) is 4.79 Å². The van der Waals surface area contributed by atoms with E-state index in [1.807, 2.05) is 66.7 Å². The number of nitrogens with one attached hydrogen (secondary N) is 1. The molecule has 1 atom stereocenters. The summed E-state index contributed by atoms with van der Waals surface area (Å²) in [5, 5.41) is 4.05. The number of hydrogen-bond donors (Lipinski definition) is 1. The Kier molecular flexibility index (Phi) is 7.11. The first kappa shape index (κ1) is 28.7. The molecule has 0 aliphatic carbocycles. The Bertz CT molecular complexity index is 1490. The minimum absolute atomic E-state index is 0.0121. The van der Waals surface area contributed by atoms with Crippen molar-refractivity contribution in [3.05, 3.63) is 63.1 Å². The number of piperidine rings is 1. The van der Waals surface area contributed by atoms with Crippen molar-refractivity contribution in [3.63, 3.8) is 0 Å². The number of benzene rings is 2. The summed E-state index contributed by atoms with van der Waals surface area (Å²) in [4.78, 5) is 15.8. The van der Waals surface area contributed by atoms with Gasteiger partial charge in [0.25, 0.3) is 0 Å². The number of fused-ring (bicyclic) bond motifs is 1. The van der Waals surface area contributed by atoms with E-state index in [2.05, 4.69) is 24.1 Å². The van der Waals surface area contributed by atoms with Crippen LogP contribution in [-0.4, -0.2) is 31.4 Å². The number of nitrogens with zero attached hydrogens (tertiary/aromatic N) is 1. The minimum Gasteiger partial charge on any atom is -0.440 e. The lowest BCUT2D eigenvalue weighted by molar-refractivity contribution is 0.00578. The summed E-state index contributed by atoms with van der Waals surface area (Å²) in [6.45, 7) is 19.9. The summed E-state index contributed by atoms with van der Waals surface area (Å²) in [5.41, 5.74) is 2.98. The Morgan fingerprint density at radius 1 is 1.00 bits per heavy atom. The number of hydrogen-bond acceptors (Lipinski definition) is 6. The van der Waals surface area contributed by atoms with Crippen LogP contribution in [0, 0.1) is 25.1 Å². The molecule has 1 aromatic heterocycles. The van der Waals surface area contributed by atoms with Gasteiger partial charge in [0.1, 0.15) is 11.4 Å². The summed E-state index contributed by atoms with van der Waals surface area (Å²) in [5.74, 6) is 0.247. The molecule has 2 aliphatic rings. The van der Waals surface area contributed by atoms with Crippen LogP contribution in [0.15, 0.2) is 39.5 Å². The third-order valence-electron chi connectivity index (χ3n) is 9.15. The van der Waals surface area contributed by atoms with E-state index >= 15 is 4.39 Å². The van der Waals surface area contributed by atoms with Crippen LogP contribution in [-0.2, 0) is 9.31 Å². The van der Waals surface area contributed by atoms with Gasteiger partial charge in [-0.05, 0) is 90.5 Å². The van der Waals surface area contributed by atoms with Crippen molar-refractivity contribution in [3.8, 4) is 0 Å². The zero-order valence-electron chi connectivity index (χ0n) is 25.3. The largest absolute Gasteiger partial charge is 0.500 e. The van der Waals surface area contributed by atoms with Crippen molar-refractivity contribution in [2.45, 2.75) is 92.4 Å². The van der Waals surface area contributed by atoms with E-state index in [0.29, 0.717) is 33.6 Å². The van der Waals surface area contributed by atoms with Crippen LogP contribution in [0.3, 0.4) is 0 Å². The highest BCUT2D eigenvalue weighted by atomic mass is 19.1. The molecule has 0 radical (unpaired) electrons. The standard InChI is InChI=1S/C32H42BFN2O4/c1-19-17-22(28-23(18-19)27(37)20(2)29(38-28)36-15-13-30(4,5)14-16-36)21(3)35-25-12-10-11-24(34)26(25)33-39-31(6,7)32(8,9)40-33/h10-12,17-18,21,35H,13-16H2,1-9H3. The van der Waals surface area contributed by atoms with Gasteiger partial charge in [-0.3, -0.25) is 4.79 Å². The summed E-state index contributed by atoms with van der Waals surface area (Å²) in [7, 11) is -0.856. The second-order valence-electron chi connectivity index (χ2n) is 13.4. The zero-order valence-corrected chi connectivity index (χ0v) is 25.3. The lowest BCUT2D eigenvalue weighted by Gasteiger charge is -2.37. The van der Waals surface area contributed by atoms with Crippen LogP contribution in [0.2, 0.25) is 0 Å². The van der Waals surface area contributed by atoms with Gasteiger partial charge in [-0.15, -0.1) is 0 Å². The van der Waals surface area contributed by atoms with Crippen molar-refractivity contribution >= 4 is 35.1 Å². The van der Waals surface area contributed by atoms with E-state index in [1.165, 1.54) is 6.07 Å². The van der Waals surface area contributed by atoms with E-state index in [1.54, 1.807) is 6.07 Å². The van der Waals surface area contributed by atoms with E-state index in [4.69, 9.17) is 13.7 Å². The number of aryl methyl sites for hydroxylation is 1. The van der Waals surface area contributed by atoms with Crippen molar-refractivity contribution < 1.29 is 18.1 Å². The van der Waals surface area contributed by atoms with Crippen LogP contribution in [0.25, 0.3) is 11.0 Å². The monoisotopic (exact) mass is 548 g/mol. The van der Waals surface area contributed by atoms with E-state index < -0.39 is 24.1 Å². The summed E-state index contributed by atoms with van der Waals surface area (Å²) in [6.07, 6.45) is 2.07. The molecule has 8 heteroatoms. The van der Waals surface area contributed by atoms with Crippen LogP contribution >= 0.6 is 0 Å². The lowest BCUT2D eigenvalue weighted by Crippen LogP contribution is -2.41. The molecule has 214 valence electrons. The number of anilines is 2. The molecule has 3 aromatic rings. The van der Waals surface area contributed by atoms with Gasteiger partial charge in [-0.1, -0.05) is 26.0 Å². The van der Waals surface area contributed by atoms with Gasteiger partial charge in [0.2, 0.25) is 5.88 Å². The molecule has 1 N–H and O–H groups in total. The molecule has 3 heterocycles. The third-order valence-corrected chi connectivity index (χ3v) is 9.15. The highest BCUT2D eigenvalue weighted by molar-refractivity contribution is 6.64. The SMILES string of the molecule is Cc1cc(C(C)Nc2cccc(F)c2B2OC(C)(C)C(C)(C)O2)c2oc(N3CCC(C)(C)CC3)c(C)c(=O)c2c1. The highest BCUT2D eigenvalue weighted by Crippen LogP contribution is 2.38. The first-order chi connectivity index (χ1) is 18.6. The number of halogens is 1. The maximum atomic E-state index is 15.3. The van der Waals surface area contributed by atoms with Crippen molar-refractivity contribution in [2.24, 2.45) is 5.41 Å². The Balaban J connectivity index is 1.54. The Morgan fingerprint density at radius 3 is 2.25 bits per heavy atom. The average Bonchev–Trinajstić information content (AvgIpc) is 3.07. The lowest BCUT2D eigenvalue weighted by atomic mass is 9.77. The van der Waals surface area contributed by atoms with Crippen molar-refractivity contribution in [2.75, 3.05) is 23.3 Å². The van der Waals surface area contributed by atoms with Gasteiger partial charge < -0.3 is 23.9 Å². The van der Waals surface area contributed by atoms with Crippen LogP contribution < -0.4 is 21.1 Å². The second-order valence-corrected chi connectivity index (χ2v) is 13.4. The van der Waals surface area contributed by atoms with Gasteiger partial charge in [0, 0.05) is 29.8 Å². The fourth-order valence-electron chi connectivity index (χ4n) is 5.67. The van der Waals surface area contributed by atoms with Crippen LogP contribution in [0.5, 0.6) is 0 Å². The Labute approximate surface area is 237 Å². The van der Waals surface area contributed by atoms with Crippen LogP contribution in [0.1, 0.15) is 84.0 Å².